The lowest BCUT2D eigenvalue weighted by Gasteiger charge is -2.14. The summed E-state index contributed by atoms with van der Waals surface area (Å²) in [7, 11) is 5.52. The van der Waals surface area contributed by atoms with Crippen molar-refractivity contribution in [2.75, 3.05) is 6.54 Å². The van der Waals surface area contributed by atoms with Gasteiger partial charge in [-0.2, -0.15) is 0 Å². The molecule has 1 aliphatic rings. The fourth-order valence-electron chi connectivity index (χ4n) is 0.784. The summed E-state index contributed by atoms with van der Waals surface area (Å²) < 4.78 is 0. The first-order chi connectivity index (χ1) is 3.80. The summed E-state index contributed by atoms with van der Waals surface area (Å²) in [6.07, 6.45) is 2.08. The summed E-state index contributed by atoms with van der Waals surface area (Å²) >= 11 is 0. The van der Waals surface area contributed by atoms with E-state index >= 15 is 0 Å². The highest BCUT2D eigenvalue weighted by molar-refractivity contribution is 6.24. The molecule has 0 spiro atoms. The van der Waals surface area contributed by atoms with Gasteiger partial charge in [0.25, 0.3) is 0 Å². The number of hydrogen-bond acceptors (Lipinski definition) is 2. The van der Waals surface area contributed by atoms with E-state index in [0.29, 0.717) is 5.84 Å². The quantitative estimate of drug-likeness (QED) is 0.439. The van der Waals surface area contributed by atoms with Gasteiger partial charge in [0.15, 0.2) is 0 Å². The maximum Gasteiger partial charge on any atom is 0.0880 e. The molecule has 0 bridgehead atoms. The normalized spacial score (nSPS) is 29.5. The molecular formula is C5H9BN2. The van der Waals surface area contributed by atoms with Crippen molar-refractivity contribution < 1.29 is 0 Å². The van der Waals surface area contributed by atoms with Crippen LogP contribution in [0.3, 0.4) is 0 Å². The first kappa shape index (κ1) is 5.67. The van der Waals surface area contributed by atoms with E-state index in [1.807, 2.05) is 0 Å². The second-order valence-electron chi connectivity index (χ2n) is 2.06. The molecule has 0 aliphatic carbocycles. The van der Waals surface area contributed by atoms with Crippen molar-refractivity contribution in [3.8, 4) is 0 Å². The number of hydrogen-bond donors (Lipinski definition) is 1. The average Bonchev–Trinajstić information content (AvgIpc) is 1.77. The van der Waals surface area contributed by atoms with E-state index < -0.39 is 0 Å². The second-order valence-corrected chi connectivity index (χ2v) is 2.06. The highest BCUT2D eigenvalue weighted by Gasteiger charge is 2.08. The van der Waals surface area contributed by atoms with E-state index in [1.54, 1.807) is 0 Å². The van der Waals surface area contributed by atoms with E-state index in [-0.39, 0.29) is 5.82 Å². The molecule has 3 heteroatoms. The molecule has 0 amide bonds. The predicted octanol–water partition coefficient (Wildman–Crippen LogP) is 0.0944. The molecule has 1 heterocycles. The molecule has 2 N–H and O–H groups in total. The third-order valence-corrected chi connectivity index (χ3v) is 1.35. The standard InChI is InChI=1S/C5H9BN2/c6-4-2-1-3-8-5(4)7/h4H,1-3H2,(H2,7,8). The Morgan fingerprint density at radius 2 is 2.50 bits per heavy atom. The van der Waals surface area contributed by atoms with Gasteiger partial charge in [-0.05, 0) is 18.7 Å². The van der Waals surface area contributed by atoms with Crippen LogP contribution >= 0.6 is 0 Å². The third kappa shape index (κ3) is 1.03. The summed E-state index contributed by atoms with van der Waals surface area (Å²) in [5.41, 5.74) is 5.40. The smallest absolute Gasteiger partial charge is 0.0880 e. The van der Waals surface area contributed by atoms with Crippen molar-refractivity contribution in [2.24, 2.45) is 10.7 Å². The fraction of sp³-hybridized carbons (Fsp3) is 0.800. The van der Waals surface area contributed by atoms with Gasteiger partial charge >= 0.3 is 0 Å². The van der Waals surface area contributed by atoms with Crippen LogP contribution in [0, 0.1) is 0 Å². The molecule has 1 atom stereocenters. The molecule has 0 aromatic heterocycles. The van der Waals surface area contributed by atoms with Crippen LogP contribution in [0.1, 0.15) is 12.8 Å². The zero-order valence-electron chi connectivity index (χ0n) is 4.80. The number of nitrogens with zero attached hydrogens (tertiary/aromatic N) is 1. The van der Waals surface area contributed by atoms with Gasteiger partial charge in [-0.25, -0.2) is 0 Å². The molecule has 2 nitrogen and oxygen atoms in total. The second kappa shape index (κ2) is 2.20. The van der Waals surface area contributed by atoms with E-state index in [2.05, 4.69) is 4.99 Å². The zero-order chi connectivity index (χ0) is 5.98. The van der Waals surface area contributed by atoms with Gasteiger partial charge in [-0.15, -0.1) is 0 Å². The van der Waals surface area contributed by atoms with Crippen LogP contribution in [0.25, 0.3) is 0 Å². The average molecular weight is 108 g/mol. The van der Waals surface area contributed by atoms with Crippen LogP contribution in [0.15, 0.2) is 4.99 Å². The molecule has 1 unspecified atom stereocenters. The van der Waals surface area contributed by atoms with Gasteiger partial charge in [0.1, 0.15) is 0 Å². The zero-order valence-corrected chi connectivity index (χ0v) is 4.80. The SMILES string of the molecule is [B]C1CCCN=C1N. The Bertz CT molecular complexity index is 111. The summed E-state index contributed by atoms with van der Waals surface area (Å²) in [5.74, 6) is 0.653. The molecule has 2 radical (unpaired) electrons. The molecule has 0 saturated heterocycles. The van der Waals surface area contributed by atoms with Gasteiger partial charge in [0, 0.05) is 6.54 Å². The fourth-order valence-corrected chi connectivity index (χ4v) is 0.784. The van der Waals surface area contributed by atoms with Crippen LogP contribution in [-0.4, -0.2) is 20.2 Å². The third-order valence-electron chi connectivity index (χ3n) is 1.35. The Hall–Kier alpha value is -0.465. The highest BCUT2D eigenvalue weighted by atomic mass is 14.9. The minimum absolute atomic E-state index is 0.0312. The van der Waals surface area contributed by atoms with Gasteiger partial charge in [0.2, 0.25) is 0 Å². The first-order valence-electron chi connectivity index (χ1n) is 2.86. The molecule has 42 valence electrons. The van der Waals surface area contributed by atoms with Crippen LogP contribution in [0.4, 0.5) is 0 Å². The highest BCUT2D eigenvalue weighted by Crippen LogP contribution is 2.13. The van der Waals surface area contributed by atoms with Gasteiger partial charge < -0.3 is 5.73 Å². The van der Waals surface area contributed by atoms with E-state index in [9.17, 15) is 0 Å². The van der Waals surface area contributed by atoms with E-state index in [1.165, 1.54) is 0 Å². The minimum atomic E-state index is 0.0312. The number of rotatable bonds is 0. The molecule has 0 aromatic rings. The number of aliphatic imine (C=N–C) groups is 1. The molecule has 1 rings (SSSR count). The predicted molar refractivity (Wildman–Crippen MR) is 35.2 cm³/mol. The Kier molecular flexibility index (Phi) is 1.56. The Balaban J connectivity index is 2.53. The number of nitrogens with two attached hydrogens (primary N) is 1. The lowest BCUT2D eigenvalue weighted by atomic mass is 9.81. The lowest BCUT2D eigenvalue weighted by Crippen LogP contribution is -2.23. The Morgan fingerprint density at radius 3 is 2.88 bits per heavy atom. The van der Waals surface area contributed by atoms with Crippen molar-refractivity contribution in [2.45, 2.75) is 18.7 Å². The van der Waals surface area contributed by atoms with Crippen molar-refractivity contribution in [1.29, 1.82) is 0 Å². The van der Waals surface area contributed by atoms with Crippen LogP contribution < -0.4 is 5.73 Å². The van der Waals surface area contributed by atoms with Gasteiger partial charge in [0.05, 0.1) is 13.7 Å². The van der Waals surface area contributed by atoms with Crippen LogP contribution in [-0.2, 0) is 0 Å². The summed E-state index contributed by atoms with van der Waals surface area (Å²) in [6.45, 7) is 0.861. The lowest BCUT2D eigenvalue weighted by molar-refractivity contribution is 0.732. The van der Waals surface area contributed by atoms with Crippen molar-refractivity contribution in [1.82, 2.24) is 0 Å². The van der Waals surface area contributed by atoms with Crippen molar-refractivity contribution in [3.63, 3.8) is 0 Å². The van der Waals surface area contributed by atoms with Crippen LogP contribution in [0.5, 0.6) is 0 Å². The van der Waals surface area contributed by atoms with E-state index in [4.69, 9.17) is 13.6 Å². The summed E-state index contributed by atoms with van der Waals surface area (Å²) in [5, 5.41) is 0. The summed E-state index contributed by atoms with van der Waals surface area (Å²) in [6, 6.07) is 0. The van der Waals surface area contributed by atoms with Crippen molar-refractivity contribution >= 4 is 13.7 Å². The Morgan fingerprint density at radius 1 is 1.75 bits per heavy atom. The topological polar surface area (TPSA) is 38.4 Å². The van der Waals surface area contributed by atoms with Crippen molar-refractivity contribution in [3.05, 3.63) is 0 Å². The molecule has 0 aromatic carbocycles. The minimum Gasteiger partial charge on any atom is -0.388 e. The monoisotopic (exact) mass is 108 g/mol. The van der Waals surface area contributed by atoms with Gasteiger partial charge in [-0.3, -0.25) is 4.99 Å². The molecule has 8 heavy (non-hydrogen) atoms. The molecular weight excluding hydrogens is 98.9 g/mol. The van der Waals surface area contributed by atoms with Crippen LogP contribution in [0.2, 0.25) is 5.82 Å². The van der Waals surface area contributed by atoms with E-state index in [0.717, 1.165) is 19.4 Å². The largest absolute Gasteiger partial charge is 0.388 e. The molecule has 0 saturated carbocycles. The molecule has 0 fully saturated rings. The first-order valence-corrected chi connectivity index (χ1v) is 2.86. The number of amidine groups is 1. The van der Waals surface area contributed by atoms with Gasteiger partial charge in [-0.1, -0.05) is 0 Å². The maximum absolute atomic E-state index is 5.52. The summed E-state index contributed by atoms with van der Waals surface area (Å²) in [4.78, 5) is 3.98. The maximum atomic E-state index is 5.52. The Labute approximate surface area is 50.6 Å². The molecule has 1 aliphatic heterocycles.